The van der Waals surface area contributed by atoms with Crippen LogP contribution in [0.3, 0.4) is 0 Å². The van der Waals surface area contributed by atoms with Crippen molar-refractivity contribution in [1.29, 1.82) is 0 Å². The average Bonchev–Trinajstić information content (AvgIpc) is 2.53. The van der Waals surface area contributed by atoms with Gasteiger partial charge in [-0.05, 0) is 35.4 Å². The van der Waals surface area contributed by atoms with E-state index in [0.717, 1.165) is 23.4 Å². The highest BCUT2D eigenvalue weighted by Gasteiger charge is 2.28. The van der Waals surface area contributed by atoms with Crippen LogP contribution in [0.4, 0.5) is 0 Å². The number of pyridine rings is 1. The van der Waals surface area contributed by atoms with Gasteiger partial charge in [-0.2, -0.15) is 0 Å². The maximum Gasteiger partial charge on any atom is 0.324 e. The van der Waals surface area contributed by atoms with E-state index in [9.17, 15) is 4.79 Å². The number of benzene rings is 1. The van der Waals surface area contributed by atoms with E-state index in [0.29, 0.717) is 0 Å². The van der Waals surface area contributed by atoms with Crippen LogP contribution in [0.2, 0.25) is 0 Å². The van der Waals surface area contributed by atoms with Crippen molar-refractivity contribution < 1.29 is 9.53 Å². The Balaban J connectivity index is 1.69. The molecule has 4 heteroatoms. The van der Waals surface area contributed by atoms with Gasteiger partial charge >= 0.3 is 5.97 Å². The Morgan fingerprint density at radius 3 is 2.95 bits per heavy atom. The monoisotopic (exact) mass is 285 g/mol. The molecule has 1 aliphatic rings. The van der Waals surface area contributed by atoms with Gasteiger partial charge in [0.25, 0.3) is 0 Å². The zero-order valence-electron chi connectivity index (χ0n) is 11.0. The predicted molar refractivity (Wildman–Crippen MR) is 79.4 cm³/mol. The molecule has 3 nitrogen and oxygen atoms in total. The summed E-state index contributed by atoms with van der Waals surface area (Å²) in [5.41, 5.74) is 3.12. The Labute approximate surface area is 122 Å². The molecule has 0 spiro atoms. The number of fused-ring (bicyclic) bond motifs is 1. The van der Waals surface area contributed by atoms with Gasteiger partial charge in [-0.25, -0.2) is 0 Å². The van der Waals surface area contributed by atoms with Crippen LogP contribution in [0.5, 0.6) is 0 Å². The second kappa shape index (κ2) is 6.09. The van der Waals surface area contributed by atoms with Gasteiger partial charge in [0.05, 0.1) is 5.69 Å². The minimum absolute atomic E-state index is 0.173. The first kappa shape index (κ1) is 13.2. The SMILES string of the molecule is O=C(OCc1ccccn1)C1SCCc2ccccc21. The Morgan fingerprint density at radius 2 is 2.10 bits per heavy atom. The Kier molecular flexibility index (Phi) is 4.02. The highest BCUT2D eigenvalue weighted by molar-refractivity contribution is 8.00. The lowest BCUT2D eigenvalue weighted by molar-refractivity contribution is -0.144. The summed E-state index contributed by atoms with van der Waals surface area (Å²) < 4.78 is 5.40. The Morgan fingerprint density at radius 1 is 1.25 bits per heavy atom. The van der Waals surface area contributed by atoms with Gasteiger partial charge in [0.2, 0.25) is 0 Å². The number of nitrogens with zero attached hydrogens (tertiary/aromatic N) is 1. The summed E-state index contributed by atoms with van der Waals surface area (Å²) >= 11 is 1.65. The van der Waals surface area contributed by atoms with Gasteiger partial charge in [0.1, 0.15) is 11.9 Å². The highest BCUT2D eigenvalue weighted by Crippen LogP contribution is 2.37. The molecule has 2 aromatic rings. The molecule has 0 bridgehead atoms. The fourth-order valence-electron chi connectivity index (χ4n) is 2.29. The molecule has 1 aliphatic heterocycles. The summed E-state index contributed by atoms with van der Waals surface area (Å²) in [7, 11) is 0. The van der Waals surface area contributed by atoms with Gasteiger partial charge in [0.15, 0.2) is 0 Å². The van der Waals surface area contributed by atoms with E-state index in [1.165, 1.54) is 5.56 Å². The second-order valence-electron chi connectivity index (χ2n) is 4.63. The van der Waals surface area contributed by atoms with Gasteiger partial charge in [-0.1, -0.05) is 30.3 Å². The third-order valence-corrected chi connectivity index (χ3v) is 4.52. The molecule has 102 valence electrons. The predicted octanol–water partition coefficient (Wildman–Crippen LogP) is 3.16. The van der Waals surface area contributed by atoms with Crippen LogP contribution >= 0.6 is 11.8 Å². The van der Waals surface area contributed by atoms with Crippen LogP contribution in [-0.2, 0) is 22.6 Å². The first-order chi connectivity index (χ1) is 9.84. The van der Waals surface area contributed by atoms with Crippen LogP contribution < -0.4 is 0 Å². The summed E-state index contributed by atoms with van der Waals surface area (Å²) in [5.74, 6) is 0.785. The van der Waals surface area contributed by atoms with Crippen molar-refractivity contribution in [2.75, 3.05) is 5.75 Å². The fraction of sp³-hybridized carbons (Fsp3) is 0.250. The van der Waals surface area contributed by atoms with Gasteiger partial charge < -0.3 is 4.74 Å². The molecule has 0 saturated heterocycles. The first-order valence-electron chi connectivity index (χ1n) is 6.60. The maximum absolute atomic E-state index is 12.3. The molecular formula is C16H15NO2S. The number of hydrogen-bond donors (Lipinski definition) is 0. The molecule has 0 amide bonds. The summed E-state index contributed by atoms with van der Waals surface area (Å²) in [6.07, 6.45) is 2.72. The topological polar surface area (TPSA) is 39.2 Å². The van der Waals surface area contributed by atoms with Crippen LogP contribution in [0.15, 0.2) is 48.7 Å². The summed E-state index contributed by atoms with van der Waals surface area (Å²) in [4.78, 5) is 16.4. The first-order valence-corrected chi connectivity index (χ1v) is 7.65. The van der Waals surface area contributed by atoms with Crippen LogP contribution in [0.1, 0.15) is 22.1 Å². The van der Waals surface area contributed by atoms with Crippen LogP contribution in [0.25, 0.3) is 0 Å². The zero-order chi connectivity index (χ0) is 13.8. The van der Waals surface area contributed by atoms with Crippen molar-refractivity contribution >= 4 is 17.7 Å². The number of hydrogen-bond acceptors (Lipinski definition) is 4. The van der Waals surface area contributed by atoms with E-state index in [4.69, 9.17) is 4.74 Å². The third-order valence-electron chi connectivity index (χ3n) is 3.30. The molecule has 0 saturated carbocycles. The number of rotatable bonds is 3. The normalized spacial score (nSPS) is 17.3. The standard InChI is InChI=1S/C16H15NO2S/c18-16(19-11-13-6-3-4-9-17-13)15-14-7-2-1-5-12(14)8-10-20-15/h1-7,9,15H,8,10-11H2. The lowest BCUT2D eigenvalue weighted by atomic mass is 10.0. The van der Waals surface area contributed by atoms with E-state index in [1.807, 2.05) is 36.4 Å². The minimum atomic E-state index is -0.205. The smallest absolute Gasteiger partial charge is 0.324 e. The van der Waals surface area contributed by atoms with Crippen LogP contribution in [0, 0.1) is 0 Å². The fourth-order valence-corrected chi connectivity index (χ4v) is 3.48. The number of ether oxygens (including phenoxy) is 1. The summed E-state index contributed by atoms with van der Waals surface area (Å²) in [6, 6.07) is 13.7. The maximum atomic E-state index is 12.3. The van der Waals surface area contributed by atoms with Crippen LogP contribution in [-0.4, -0.2) is 16.7 Å². The highest BCUT2D eigenvalue weighted by atomic mass is 32.2. The number of aryl methyl sites for hydroxylation is 1. The molecule has 0 aliphatic carbocycles. The summed E-state index contributed by atoms with van der Waals surface area (Å²) in [6.45, 7) is 0.235. The van der Waals surface area contributed by atoms with E-state index in [-0.39, 0.29) is 17.8 Å². The Bertz CT molecular complexity index is 600. The van der Waals surface area contributed by atoms with Crippen molar-refractivity contribution in [1.82, 2.24) is 4.98 Å². The number of thioether (sulfide) groups is 1. The Hall–Kier alpha value is -1.81. The van der Waals surface area contributed by atoms with Crippen molar-refractivity contribution in [2.45, 2.75) is 18.3 Å². The van der Waals surface area contributed by atoms with E-state index >= 15 is 0 Å². The van der Waals surface area contributed by atoms with E-state index in [1.54, 1.807) is 18.0 Å². The van der Waals surface area contributed by atoms with E-state index in [2.05, 4.69) is 11.1 Å². The second-order valence-corrected chi connectivity index (χ2v) is 5.84. The van der Waals surface area contributed by atoms with Gasteiger partial charge in [-0.15, -0.1) is 11.8 Å². The molecule has 3 rings (SSSR count). The largest absolute Gasteiger partial charge is 0.458 e. The summed E-state index contributed by atoms with van der Waals surface area (Å²) in [5, 5.41) is -0.205. The van der Waals surface area contributed by atoms with Crippen molar-refractivity contribution in [3.63, 3.8) is 0 Å². The van der Waals surface area contributed by atoms with Gasteiger partial charge in [0, 0.05) is 6.20 Å². The lowest BCUT2D eigenvalue weighted by Crippen LogP contribution is -2.19. The lowest BCUT2D eigenvalue weighted by Gasteiger charge is -2.23. The molecule has 0 radical (unpaired) electrons. The molecule has 1 aromatic heterocycles. The number of carbonyl (C=O) groups excluding carboxylic acids is 1. The molecule has 1 aromatic carbocycles. The molecule has 2 heterocycles. The molecule has 0 N–H and O–H groups in total. The minimum Gasteiger partial charge on any atom is -0.458 e. The van der Waals surface area contributed by atoms with Crippen molar-refractivity contribution in [3.05, 3.63) is 65.5 Å². The number of esters is 1. The molecule has 20 heavy (non-hydrogen) atoms. The molecule has 1 atom stereocenters. The van der Waals surface area contributed by atoms with Gasteiger partial charge in [-0.3, -0.25) is 9.78 Å². The third kappa shape index (κ3) is 2.85. The number of carbonyl (C=O) groups is 1. The van der Waals surface area contributed by atoms with Crippen molar-refractivity contribution in [2.24, 2.45) is 0 Å². The number of aromatic nitrogens is 1. The quantitative estimate of drug-likeness (QED) is 0.812. The van der Waals surface area contributed by atoms with Crippen molar-refractivity contribution in [3.8, 4) is 0 Å². The zero-order valence-corrected chi connectivity index (χ0v) is 11.8. The van der Waals surface area contributed by atoms with E-state index < -0.39 is 0 Å². The average molecular weight is 285 g/mol. The molecular weight excluding hydrogens is 270 g/mol. The molecule has 1 unspecified atom stereocenters. The molecule has 0 fully saturated rings.